The fraction of sp³-hybridized carbons (Fsp3) is 1.00. The van der Waals surface area contributed by atoms with E-state index in [4.69, 9.17) is 15.1 Å². The summed E-state index contributed by atoms with van der Waals surface area (Å²) < 4.78 is 0. The van der Waals surface area contributed by atoms with Gasteiger partial charge in [-0.3, -0.25) is 14.7 Å². The molecule has 0 saturated carbocycles. The van der Waals surface area contributed by atoms with Crippen molar-refractivity contribution in [3.05, 3.63) is 0 Å². The van der Waals surface area contributed by atoms with Crippen molar-refractivity contribution in [1.29, 1.82) is 0 Å². The van der Waals surface area contributed by atoms with E-state index in [1.54, 1.807) is 0 Å². The standard InChI is InChI=1S/3C12H27N.BH3O3/c3*1-10(2,3)13(11(4,5)6)12(7,8)9;2-1(3)4/h3*1-9H3;2-4H. The van der Waals surface area contributed by atoms with Gasteiger partial charge in [0.05, 0.1) is 0 Å². The monoisotopic (exact) mass is 618 g/mol. The van der Waals surface area contributed by atoms with Crippen LogP contribution in [-0.2, 0) is 0 Å². The van der Waals surface area contributed by atoms with Crippen LogP contribution in [0.1, 0.15) is 187 Å². The van der Waals surface area contributed by atoms with E-state index in [2.05, 4.69) is 202 Å². The highest BCUT2D eigenvalue weighted by molar-refractivity contribution is 6.30. The van der Waals surface area contributed by atoms with Crippen LogP contribution in [0.5, 0.6) is 0 Å². The van der Waals surface area contributed by atoms with Crippen LogP contribution in [0.15, 0.2) is 0 Å². The van der Waals surface area contributed by atoms with Crippen LogP contribution in [0, 0.1) is 0 Å². The van der Waals surface area contributed by atoms with Gasteiger partial charge in [0.2, 0.25) is 0 Å². The maximum absolute atomic E-state index is 7.17. The average molecular weight is 618 g/mol. The summed E-state index contributed by atoms with van der Waals surface area (Å²) in [5.74, 6) is 0. The zero-order chi connectivity index (χ0) is 36.8. The van der Waals surface area contributed by atoms with Gasteiger partial charge in [0.1, 0.15) is 0 Å². The van der Waals surface area contributed by atoms with E-state index in [0.29, 0.717) is 0 Å². The molecule has 43 heavy (non-hydrogen) atoms. The summed E-state index contributed by atoms with van der Waals surface area (Å²) in [4.78, 5) is 7.69. The lowest BCUT2D eigenvalue weighted by atomic mass is 9.88. The number of hydrogen-bond acceptors (Lipinski definition) is 6. The highest BCUT2D eigenvalue weighted by Gasteiger charge is 2.41. The molecule has 0 aliphatic carbocycles. The molecule has 0 unspecified atom stereocenters. The van der Waals surface area contributed by atoms with Crippen molar-refractivity contribution in [3.8, 4) is 0 Å². The molecule has 0 fully saturated rings. The molecular formula is C36H84BN3O3. The van der Waals surface area contributed by atoms with Gasteiger partial charge in [-0.15, -0.1) is 0 Å². The third-order valence-electron chi connectivity index (χ3n) is 6.04. The molecule has 0 bridgehead atoms. The summed E-state index contributed by atoms with van der Waals surface area (Å²) in [6.07, 6.45) is 0. The van der Waals surface area contributed by atoms with Crippen LogP contribution in [0.2, 0.25) is 0 Å². The fourth-order valence-corrected chi connectivity index (χ4v) is 9.06. The first-order valence-electron chi connectivity index (χ1n) is 16.3. The third kappa shape index (κ3) is 22.9. The molecule has 6 nitrogen and oxygen atoms in total. The van der Waals surface area contributed by atoms with E-state index in [-0.39, 0.29) is 49.9 Å². The number of rotatable bonds is 0. The quantitative estimate of drug-likeness (QED) is 0.236. The SMILES string of the molecule is CC(C)(C)N(C(C)(C)C)C(C)(C)C.CC(C)(C)N(C(C)(C)C)C(C)(C)C.CC(C)(C)N(C(C)(C)C)C(C)(C)C.OB(O)O. The Kier molecular flexibility index (Phi) is 18.6. The van der Waals surface area contributed by atoms with Gasteiger partial charge >= 0.3 is 7.32 Å². The molecule has 264 valence electrons. The molecule has 0 heterocycles. The van der Waals surface area contributed by atoms with Crippen molar-refractivity contribution < 1.29 is 15.1 Å². The van der Waals surface area contributed by atoms with Crippen molar-refractivity contribution in [2.24, 2.45) is 0 Å². The smallest absolute Gasteiger partial charge is 0.402 e. The number of hydrogen-bond donors (Lipinski definition) is 3. The Balaban J connectivity index is -0.000000249. The lowest BCUT2D eigenvalue weighted by molar-refractivity contribution is -0.0409. The molecule has 0 rings (SSSR count). The van der Waals surface area contributed by atoms with E-state index in [9.17, 15) is 0 Å². The molecule has 0 saturated heterocycles. The van der Waals surface area contributed by atoms with Crippen LogP contribution >= 0.6 is 0 Å². The van der Waals surface area contributed by atoms with Crippen LogP contribution in [0.3, 0.4) is 0 Å². The van der Waals surface area contributed by atoms with Gasteiger partial charge < -0.3 is 15.1 Å². The van der Waals surface area contributed by atoms with E-state index in [1.807, 2.05) is 0 Å². The lowest BCUT2D eigenvalue weighted by Gasteiger charge is -2.53. The predicted molar refractivity (Wildman–Crippen MR) is 196 cm³/mol. The van der Waals surface area contributed by atoms with Gasteiger partial charge in [0.15, 0.2) is 0 Å². The van der Waals surface area contributed by atoms with Crippen molar-refractivity contribution in [2.45, 2.75) is 237 Å². The molecule has 0 spiro atoms. The Bertz CT molecular complexity index is 546. The Morgan fingerprint density at radius 1 is 0.233 bits per heavy atom. The van der Waals surface area contributed by atoms with E-state index in [1.165, 1.54) is 0 Å². The molecule has 0 aliphatic rings. The molecule has 0 aromatic carbocycles. The minimum absolute atomic E-state index is 0.219. The third-order valence-corrected chi connectivity index (χ3v) is 6.04. The number of nitrogens with zero attached hydrogens (tertiary/aromatic N) is 3. The van der Waals surface area contributed by atoms with E-state index >= 15 is 0 Å². The minimum Gasteiger partial charge on any atom is -0.402 e. The second-order valence-corrected chi connectivity index (χ2v) is 20.9. The Hall–Kier alpha value is -0.175. The van der Waals surface area contributed by atoms with Crippen LogP contribution in [0.25, 0.3) is 0 Å². The van der Waals surface area contributed by atoms with E-state index < -0.39 is 7.32 Å². The molecule has 3 N–H and O–H groups in total. The van der Waals surface area contributed by atoms with Crippen LogP contribution < -0.4 is 0 Å². The van der Waals surface area contributed by atoms with Crippen molar-refractivity contribution >= 4 is 7.32 Å². The van der Waals surface area contributed by atoms with Crippen molar-refractivity contribution in [1.82, 2.24) is 14.7 Å². The second-order valence-electron chi connectivity index (χ2n) is 20.9. The molecular weight excluding hydrogens is 533 g/mol. The first-order chi connectivity index (χ1) is 17.8. The summed E-state index contributed by atoms with van der Waals surface area (Å²) in [6.45, 7) is 61.6. The summed E-state index contributed by atoms with van der Waals surface area (Å²) in [5, 5.41) is 21.5. The summed E-state index contributed by atoms with van der Waals surface area (Å²) in [5.41, 5.74) is 1.97. The second kappa shape index (κ2) is 16.1. The van der Waals surface area contributed by atoms with Crippen molar-refractivity contribution in [3.63, 3.8) is 0 Å². The average Bonchev–Trinajstić information content (AvgIpc) is 2.38. The zero-order valence-electron chi connectivity index (χ0n) is 34.8. The minimum atomic E-state index is -2.17. The Morgan fingerprint density at radius 2 is 0.279 bits per heavy atom. The van der Waals surface area contributed by atoms with E-state index in [0.717, 1.165) is 0 Å². The van der Waals surface area contributed by atoms with Gasteiger partial charge in [0, 0.05) is 49.9 Å². The first-order valence-corrected chi connectivity index (χ1v) is 16.3. The molecule has 0 aromatic heterocycles. The predicted octanol–water partition coefficient (Wildman–Crippen LogP) is 9.00. The van der Waals surface area contributed by atoms with Gasteiger partial charge in [-0.2, -0.15) is 0 Å². The summed E-state index contributed by atoms with van der Waals surface area (Å²) in [6, 6.07) is 0. The molecule has 0 radical (unpaired) electrons. The molecule has 7 heteroatoms. The molecule has 0 amide bonds. The van der Waals surface area contributed by atoms with Gasteiger partial charge in [-0.25, -0.2) is 0 Å². The summed E-state index contributed by atoms with van der Waals surface area (Å²) in [7, 11) is -2.17. The first kappa shape index (κ1) is 49.7. The normalized spacial score (nSPS) is 14.4. The largest absolute Gasteiger partial charge is 0.631 e. The fourth-order valence-electron chi connectivity index (χ4n) is 9.06. The summed E-state index contributed by atoms with van der Waals surface area (Å²) >= 11 is 0. The maximum Gasteiger partial charge on any atom is 0.631 e. The Labute approximate surface area is 273 Å². The molecule has 0 aliphatic heterocycles. The lowest BCUT2D eigenvalue weighted by Crippen LogP contribution is -2.61. The van der Waals surface area contributed by atoms with Gasteiger partial charge in [-0.1, -0.05) is 0 Å². The molecule has 0 atom stereocenters. The zero-order valence-corrected chi connectivity index (χ0v) is 34.8. The maximum atomic E-state index is 7.17. The Morgan fingerprint density at radius 3 is 0.279 bits per heavy atom. The topological polar surface area (TPSA) is 70.4 Å². The molecule has 0 aromatic rings. The highest BCUT2D eigenvalue weighted by Crippen LogP contribution is 2.35. The highest BCUT2D eigenvalue weighted by atomic mass is 16.5. The van der Waals surface area contributed by atoms with Gasteiger partial charge in [0.25, 0.3) is 0 Å². The van der Waals surface area contributed by atoms with Crippen LogP contribution in [0.4, 0.5) is 0 Å². The van der Waals surface area contributed by atoms with Crippen molar-refractivity contribution in [2.75, 3.05) is 0 Å². The van der Waals surface area contributed by atoms with Gasteiger partial charge in [-0.05, 0) is 187 Å². The van der Waals surface area contributed by atoms with Crippen LogP contribution in [-0.4, -0.2) is 86.9 Å².